The van der Waals surface area contributed by atoms with E-state index in [1.165, 1.54) is 6.20 Å². The molecule has 4 nitrogen and oxygen atoms in total. The van der Waals surface area contributed by atoms with E-state index in [1.807, 2.05) is 75.4 Å². The van der Waals surface area contributed by atoms with Crippen molar-refractivity contribution in [1.82, 2.24) is 9.97 Å². The largest absolute Gasteiger partial charge is 0.500 e. The van der Waals surface area contributed by atoms with E-state index in [1.54, 1.807) is 30.5 Å². The number of aromatic nitrogens is 2. The molecule has 0 atom stereocenters. The van der Waals surface area contributed by atoms with Gasteiger partial charge in [0.1, 0.15) is 16.7 Å². The van der Waals surface area contributed by atoms with Crippen LogP contribution < -0.4 is 0 Å². The molecule has 1 radical (unpaired) electrons. The van der Waals surface area contributed by atoms with Crippen LogP contribution in [0.4, 0.5) is 0 Å². The van der Waals surface area contributed by atoms with Crippen molar-refractivity contribution in [3.05, 3.63) is 145 Å². The average Bonchev–Trinajstić information content (AvgIpc) is 3.74. The first-order chi connectivity index (χ1) is 25.3. The van der Waals surface area contributed by atoms with E-state index in [0.717, 1.165) is 65.9 Å². The molecule has 0 aliphatic carbocycles. The molecule has 0 unspecified atom stereocenters. The third kappa shape index (κ3) is 6.28. The molecule has 0 aliphatic rings. The molecule has 0 spiro atoms. The van der Waals surface area contributed by atoms with Crippen molar-refractivity contribution in [2.75, 3.05) is 0 Å². The summed E-state index contributed by atoms with van der Waals surface area (Å²) >= 11 is 0. The standard InChI is InChI=1S/C32H24NO2.C12H10N.Ir/c1-32(2,3)18-19-15-16-33-27(17-19)26-9-6-8-21-23-13-14-24-25(30(23)35-31(21)26)12-11-22-20-7-4-5-10-28(20)34-29(22)24;1-10-7-8-12(13-9-10)11-5-3-2-4-6-11;/h4-8,10-17H,18H2,1-3H3;2-5,7-9H,1H3;/q2*-1;/i18D2;1D3;. The molecule has 4 aromatic heterocycles. The Kier molecular flexibility index (Phi) is 7.16. The monoisotopic (exact) mass is 820 g/mol. The molecule has 0 amide bonds. The maximum Gasteiger partial charge on any atom is 0.143 e. The van der Waals surface area contributed by atoms with Crippen LogP contribution in [0.15, 0.2) is 130 Å². The first-order valence-corrected chi connectivity index (χ1v) is 15.8. The van der Waals surface area contributed by atoms with E-state index < -0.39 is 18.6 Å². The Morgan fingerprint density at radius 1 is 0.673 bits per heavy atom. The first kappa shape index (κ1) is 26.8. The second kappa shape index (κ2) is 13.1. The van der Waals surface area contributed by atoms with Crippen molar-refractivity contribution in [3.63, 3.8) is 0 Å². The molecule has 9 aromatic rings. The van der Waals surface area contributed by atoms with Crippen molar-refractivity contribution < 1.29 is 35.8 Å². The van der Waals surface area contributed by atoms with Gasteiger partial charge in [0.2, 0.25) is 0 Å². The third-order valence-corrected chi connectivity index (χ3v) is 8.22. The van der Waals surface area contributed by atoms with E-state index in [2.05, 4.69) is 52.4 Å². The Bertz CT molecular complexity index is 2780. The van der Waals surface area contributed by atoms with Crippen molar-refractivity contribution in [1.29, 1.82) is 0 Å². The maximum atomic E-state index is 8.72. The number of benzene rings is 5. The minimum Gasteiger partial charge on any atom is -0.500 e. The zero-order valence-electron chi connectivity index (χ0n) is 32.1. The normalized spacial score (nSPS) is 13.7. The van der Waals surface area contributed by atoms with Gasteiger partial charge < -0.3 is 18.8 Å². The number of nitrogens with zero attached hydrogens (tertiary/aromatic N) is 2. The zero-order valence-corrected chi connectivity index (χ0v) is 29.5. The van der Waals surface area contributed by atoms with E-state index in [-0.39, 0.29) is 25.7 Å². The minimum absolute atomic E-state index is 0. The average molecular weight is 820 g/mol. The molecule has 9 rings (SSSR count). The Labute approximate surface area is 306 Å². The van der Waals surface area contributed by atoms with Crippen LogP contribution in [0.5, 0.6) is 0 Å². The molecule has 0 fully saturated rings. The van der Waals surface area contributed by atoms with Gasteiger partial charge in [0, 0.05) is 66.3 Å². The van der Waals surface area contributed by atoms with Gasteiger partial charge in [-0.1, -0.05) is 79.7 Å². The van der Waals surface area contributed by atoms with Crippen molar-refractivity contribution >= 4 is 54.6 Å². The number of fused-ring (bicyclic) bond motifs is 9. The summed E-state index contributed by atoms with van der Waals surface area (Å²) in [6.45, 7) is 3.63. The Morgan fingerprint density at radius 3 is 2.08 bits per heavy atom. The zero-order chi connectivity index (χ0) is 37.1. The van der Waals surface area contributed by atoms with Crippen LogP contribution in [-0.2, 0) is 26.5 Å². The smallest absolute Gasteiger partial charge is 0.143 e. The molecule has 5 heteroatoms. The van der Waals surface area contributed by atoms with Crippen LogP contribution in [0, 0.1) is 24.4 Å². The summed E-state index contributed by atoms with van der Waals surface area (Å²) in [5, 5.41) is 6.15. The Morgan fingerprint density at radius 2 is 1.39 bits per heavy atom. The Hall–Kier alpha value is -5.09. The van der Waals surface area contributed by atoms with E-state index >= 15 is 0 Å². The number of aryl methyl sites for hydroxylation is 1. The predicted molar refractivity (Wildman–Crippen MR) is 197 cm³/mol. The van der Waals surface area contributed by atoms with Crippen molar-refractivity contribution in [3.8, 4) is 22.5 Å². The molecule has 49 heavy (non-hydrogen) atoms. The summed E-state index contributed by atoms with van der Waals surface area (Å²) < 4.78 is 52.0. The summed E-state index contributed by atoms with van der Waals surface area (Å²) in [7, 11) is 0. The van der Waals surface area contributed by atoms with E-state index in [0.29, 0.717) is 16.8 Å². The van der Waals surface area contributed by atoms with Crippen molar-refractivity contribution in [2.45, 2.75) is 34.0 Å². The van der Waals surface area contributed by atoms with Gasteiger partial charge in [-0.2, -0.15) is 0 Å². The molecule has 4 heterocycles. The van der Waals surface area contributed by atoms with Gasteiger partial charge in [-0.25, -0.2) is 0 Å². The van der Waals surface area contributed by atoms with Gasteiger partial charge in [0.15, 0.2) is 0 Å². The summed E-state index contributed by atoms with van der Waals surface area (Å²) in [4.78, 5) is 8.70. The fourth-order valence-corrected chi connectivity index (χ4v) is 6.16. The number of rotatable bonds is 3. The molecular formula is C44H34IrN2O2-2. The molecule has 5 aromatic carbocycles. The number of hydrogen-bond donors (Lipinski definition) is 0. The van der Waals surface area contributed by atoms with Gasteiger partial charge in [-0.3, -0.25) is 0 Å². The number of hydrogen-bond acceptors (Lipinski definition) is 4. The molecule has 243 valence electrons. The summed E-state index contributed by atoms with van der Waals surface area (Å²) in [5.74, 6) is 0. The van der Waals surface area contributed by atoms with Crippen LogP contribution in [0.2, 0.25) is 0 Å². The predicted octanol–water partition coefficient (Wildman–Crippen LogP) is 11.9. The topological polar surface area (TPSA) is 52.1 Å². The molecule has 0 saturated carbocycles. The second-order valence-corrected chi connectivity index (χ2v) is 12.8. The molecule has 0 saturated heterocycles. The molecule has 0 bridgehead atoms. The molecule has 0 N–H and O–H groups in total. The molecule has 0 aliphatic heterocycles. The first-order valence-electron chi connectivity index (χ1n) is 18.3. The fourth-order valence-electron chi connectivity index (χ4n) is 6.16. The summed E-state index contributed by atoms with van der Waals surface area (Å²) in [6.07, 6.45) is 1.53. The number of para-hydroxylation sites is 1. The SMILES string of the molecule is [2H]C([2H])([2H])c1ccc(-c2[c-]cccc2)nc1.[2H]C([2H])(c1ccnc(-c2[c-]ccc3c2oc2c3ccc3c2ccc2c4ccccc4oc23)c1)C(C)(C)C.[Ir]. The van der Waals surface area contributed by atoms with Gasteiger partial charge >= 0.3 is 0 Å². The number of furan rings is 2. The van der Waals surface area contributed by atoms with Gasteiger partial charge in [0.25, 0.3) is 0 Å². The van der Waals surface area contributed by atoms with Crippen LogP contribution >= 0.6 is 0 Å². The van der Waals surface area contributed by atoms with E-state index in [9.17, 15) is 0 Å². The van der Waals surface area contributed by atoms with E-state index in [4.69, 9.17) is 15.7 Å². The summed E-state index contributed by atoms with van der Waals surface area (Å²) in [5.41, 5.74) is 6.43. The number of pyridine rings is 2. The summed E-state index contributed by atoms with van der Waals surface area (Å²) in [6, 6.07) is 41.0. The van der Waals surface area contributed by atoms with Crippen LogP contribution in [0.3, 0.4) is 0 Å². The quantitative estimate of drug-likeness (QED) is 0.167. The minimum atomic E-state index is -2.09. The van der Waals surface area contributed by atoms with Crippen molar-refractivity contribution in [2.24, 2.45) is 5.41 Å². The maximum absolute atomic E-state index is 8.72. The van der Waals surface area contributed by atoms with Gasteiger partial charge in [0.05, 0.1) is 5.58 Å². The molecular weight excluding hydrogens is 781 g/mol. The van der Waals surface area contributed by atoms with Crippen LogP contribution in [0.1, 0.15) is 38.8 Å². The van der Waals surface area contributed by atoms with Crippen LogP contribution in [-0.4, -0.2) is 9.97 Å². The fraction of sp³-hybridized carbons (Fsp3) is 0.136. The second-order valence-electron chi connectivity index (χ2n) is 12.8. The van der Waals surface area contributed by atoms with Gasteiger partial charge in [-0.05, 0) is 65.9 Å². The van der Waals surface area contributed by atoms with Gasteiger partial charge in [-0.15, -0.1) is 54.1 Å². The van der Waals surface area contributed by atoms with Crippen LogP contribution in [0.25, 0.3) is 77.2 Å². The third-order valence-electron chi connectivity index (χ3n) is 8.22. The Balaban J connectivity index is 0.000000223.